The van der Waals surface area contributed by atoms with Crippen molar-refractivity contribution in [3.63, 3.8) is 0 Å². The van der Waals surface area contributed by atoms with E-state index in [1.807, 2.05) is 0 Å². The minimum absolute atomic E-state index is 0.0580. The first kappa shape index (κ1) is 24.9. The zero-order valence-corrected chi connectivity index (χ0v) is 16.4. The van der Waals surface area contributed by atoms with Crippen LogP contribution >= 0.6 is 0 Å². The van der Waals surface area contributed by atoms with Gasteiger partial charge in [0, 0.05) is 45.1 Å². The number of nitrogens with one attached hydrogen (secondary N) is 1. The number of hydrogen-bond donors (Lipinski definition) is 2. The molecule has 0 saturated carbocycles. The van der Waals surface area contributed by atoms with Crippen molar-refractivity contribution < 1.29 is 45.8 Å². The summed E-state index contributed by atoms with van der Waals surface area (Å²) in [6, 6.07) is 1.11. The molecule has 0 aromatic carbocycles. The Morgan fingerprint density at radius 2 is 1.94 bits per heavy atom. The number of carbonyl (C=O) groups excluding carboxylic acids is 1. The molecule has 1 amide bonds. The molecule has 3 heterocycles. The third-order valence-electron chi connectivity index (χ3n) is 5.01. The normalized spacial score (nSPS) is 21.2. The predicted octanol–water partition coefficient (Wildman–Crippen LogP) is 2.24. The summed E-state index contributed by atoms with van der Waals surface area (Å²) in [6.45, 7) is 2.21. The van der Waals surface area contributed by atoms with Gasteiger partial charge in [-0.2, -0.15) is 26.3 Å². The maximum absolute atomic E-state index is 13.0. The van der Waals surface area contributed by atoms with Crippen molar-refractivity contribution in [2.45, 2.75) is 31.7 Å². The van der Waals surface area contributed by atoms with Crippen LogP contribution in [0.25, 0.3) is 0 Å². The van der Waals surface area contributed by atoms with E-state index >= 15 is 0 Å². The Hall–Kier alpha value is -2.41. The number of alkyl halides is 6. The molecule has 1 unspecified atom stereocenters. The number of pyridine rings is 1. The maximum atomic E-state index is 13.0. The number of aliphatic carboxylic acids is 1. The lowest BCUT2D eigenvalue weighted by molar-refractivity contribution is -0.192. The Morgan fingerprint density at radius 1 is 1.29 bits per heavy atom. The van der Waals surface area contributed by atoms with E-state index in [2.05, 4.69) is 10.3 Å². The van der Waals surface area contributed by atoms with Crippen molar-refractivity contribution in [1.29, 1.82) is 0 Å². The number of halogens is 6. The van der Waals surface area contributed by atoms with E-state index in [0.29, 0.717) is 43.8 Å². The van der Waals surface area contributed by atoms with Gasteiger partial charge in [-0.15, -0.1) is 0 Å². The van der Waals surface area contributed by atoms with E-state index in [1.165, 1.54) is 0 Å². The summed E-state index contributed by atoms with van der Waals surface area (Å²) < 4.78 is 75.6. The summed E-state index contributed by atoms with van der Waals surface area (Å²) in [6.07, 6.45) is -7.51. The molecular weight excluding hydrogens is 436 g/mol. The van der Waals surface area contributed by atoms with Crippen LogP contribution in [0.5, 0.6) is 0 Å². The summed E-state index contributed by atoms with van der Waals surface area (Å²) >= 11 is 0. The monoisotopic (exact) mass is 457 g/mol. The van der Waals surface area contributed by atoms with Gasteiger partial charge < -0.3 is 20.1 Å². The molecule has 0 radical (unpaired) electrons. The van der Waals surface area contributed by atoms with Crippen LogP contribution in [0.15, 0.2) is 12.3 Å². The molecule has 31 heavy (non-hydrogen) atoms. The Kier molecular flexibility index (Phi) is 7.53. The Labute approximate surface area is 173 Å². The highest BCUT2D eigenvalue weighted by Crippen LogP contribution is 2.33. The number of carboxylic acids is 1. The average Bonchev–Trinajstić information content (AvgIpc) is 3.15. The Balaban J connectivity index is 0.000000423. The number of amides is 1. The van der Waals surface area contributed by atoms with Gasteiger partial charge in [0.15, 0.2) is 0 Å². The molecule has 1 atom stereocenters. The lowest BCUT2D eigenvalue weighted by Gasteiger charge is -2.36. The fourth-order valence-corrected chi connectivity index (χ4v) is 3.48. The number of ether oxygens (including phenoxy) is 1. The average molecular weight is 457 g/mol. The van der Waals surface area contributed by atoms with Gasteiger partial charge in [0.25, 0.3) is 0 Å². The van der Waals surface area contributed by atoms with E-state index in [4.69, 9.17) is 14.6 Å². The molecule has 2 aliphatic heterocycles. The third-order valence-corrected chi connectivity index (χ3v) is 5.01. The van der Waals surface area contributed by atoms with Crippen LogP contribution in [0.2, 0.25) is 0 Å². The fourth-order valence-electron chi connectivity index (χ4n) is 3.48. The first-order chi connectivity index (χ1) is 14.3. The molecule has 3 rings (SSSR count). The molecule has 1 saturated heterocycles. The van der Waals surface area contributed by atoms with Crippen molar-refractivity contribution in [2.24, 2.45) is 5.41 Å². The summed E-state index contributed by atoms with van der Waals surface area (Å²) in [5.41, 5.74) is -0.286. The van der Waals surface area contributed by atoms with Gasteiger partial charge in [-0.3, -0.25) is 9.78 Å². The van der Waals surface area contributed by atoms with Crippen molar-refractivity contribution in [1.82, 2.24) is 15.2 Å². The van der Waals surface area contributed by atoms with Gasteiger partial charge >= 0.3 is 18.3 Å². The topological polar surface area (TPSA) is 91.8 Å². The van der Waals surface area contributed by atoms with Crippen LogP contribution in [0.4, 0.5) is 26.3 Å². The highest BCUT2D eigenvalue weighted by molar-refractivity contribution is 5.84. The number of methoxy groups -OCH3 is 1. The van der Waals surface area contributed by atoms with Crippen LogP contribution in [0.3, 0.4) is 0 Å². The van der Waals surface area contributed by atoms with E-state index in [-0.39, 0.29) is 12.5 Å². The molecule has 174 valence electrons. The minimum Gasteiger partial charge on any atom is -0.475 e. The second kappa shape index (κ2) is 9.39. The predicted molar refractivity (Wildman–Crippen MR) is 93.8 cm³/mol. The largest absolute Gasteiger partial charge is 0.490 e. The molecule has 7 nitrogen and oxygen atoms in total. The number of carbonyl (C=O) groups is 2. The van der Waals surface area contributed by atoms with E-state index in [9.17, 15) is 31.1 Å². The smallest absolute Gasteiger partial charge is 0.475 e. The summed E-state index contributed by atoms with van der Waals surface area (Å²) in [5.74, 6) is -2.81. The van der Waals surface area contributed by atoms with Crippen LogP contribution in [0.1, 0.15) is 23.2 Å². The first-order valence-corrected chi connectivity index (χ1v) is 9.14. The quantitative estimate of drug-likeness (QED) is 0.677. The van der Waals surface area contributed by atoms with Crippen molar-refractivity contribution in [3.05, 3.63) is 29.1 Å². The number of carboxylic acid groups (broad SMARTS) is 1. The van der Waals surface area contributed by atoms with Gasteiger partial charge in [-0.1, -0.05) is 0 Å². The molecule has 1 aromatic heterocycles. The van der Waals surface area contributed by atoms with E-state index < -0.39 is 29.3 Å². The molecule has 2 N–H and O–H groups in total. The molecule has 13 heteroatoms. The number of rotatable bonds is 3. The second-order valence-corrected chi connectivity index (χ2v) is 7.25. The zero-order chi connectivity index (χ0) is 23.4. The molecule has 0 bridgehead atoms. The third kappa shape index (κ3) is 6.06. The van der Waals surface area contributed by atoms with Crippen molar-refractivity contribution in [2.75, 3.05) is 33.4 Å². The van der Waals surface area contributed by atoms with Gasteiger partial charge in [-0.25, -0.2) is 4.79 Å². The number of hydrogen-bond acceptors (Lipinski definition) is 5. The zero-order valence-electron chi connectivity index (χ0n) is 16.4. The van der Waals surface area contributed by atoms with Crippen LogP contribution in [-0.2, 0) is 33.5 Å². The summed E-state index contributed by atoms with van der Waals surface area (Å²) in [5, 5.41) is 10.3. The molecule has 0 aliphatic carbocycles. The highest BCUT2D eigenvalue weighted by Gasteiger charge is 2.44. The Bertz CT molecular complexity index is 806. The van der Waals surface area contributed by atoms with Gasteiger partial charge in [0.1, 0.15) is 0 Å². The number of aromatic nitrogens is 1. The summed E-state index contributed by atoms with van der Waals surface area (Å²) in [4.78, 5) is 27.4. The molecule has 1 aromatic rings. The lowest BCUT2D eigenvalue weighted by Crippen LogP contribution is -2.49. The standard InChI is InChI=1S/C16H20F3N3O2.C2HF3O2/c1-24-10-15(3-4-20-9-15)14(23)22-5-2-13-11(8-22)6-12(7-21-13)16(17,18)19;3-2(4,5)1(6)7/h6-7,20H,2-5,8-10H2,1H3;(H,6,7). The van der Waals surface area contributed by atoms with Crippen LogP contribution < -0.4 is 5.32 Å². The highest BCUT2D eigenvalue weighted by atomic mass is 19.4. The van der Waals surface area contributed by atoms with Crippen LogP contribution in [-0.4, -0.2) is 66.4 Å². The Morgan fingerprint density at radius 3 is 2.42 bits per heavy atom. The first-order valence-electron chi connectivity index (χ1n) is 9.14. The van der Waals surface area contributed by atoms with E-state index in [1.54, 1.807) is 12.0 Å². The lowest BCUT2D eigenvalue weighted by atomic mass is 9.85. The van der Waals surface area contributed by atoms with Crippen LogP contribution in [0, 0.1) is 5.41 Å². The molecule has 2 aliphatic rings. The number of fused-ring (bicyclic) bond motifs is 1. The fraction of sp³-hybridized carbons (Fsp3) is 0.611. The van der Waals surface area contributed by atoms with Gasteiger partial charge in [0.05, 0.1) is 17.6 Å². The molecule has 0 spiro atoms. The van der Waals surface area contributed by atoms with E-state index in [0.717, 1.165) is 18.8 Å². The molecular formula is C18H21F6N3O4. The maximum Gasteiger partial charge on any atom is 0.490 e. The SMILES string of the molecule is COCC1(C(=O)N2CCc3ncc(C(F)(F)F)cc3C2)CCNC1.O=C(O)C(F)(F)F. The number of nitrogens with zero attached hydrogens (tertiary/aromatic N) is 2. The van der Waals surface area contributed by atoms with Crippen molar-refractivity contribution >= 4 is 11.9 Å². The van der Waals surface area contributed by atoms with Gasteiger partial charge in [-0.05, 0) is 24.6 Å². The van der Waals surface area contributed by atoms with Crippen molar-refractivity contribution in [3.8, 4) is 0 Å². The van der Waals surface area contributed by atoms with Gasteiger partial charge in [0.2, 0.25) is 5.91 Å². The molecule has 1 fully saturated rings. The minimum atomic E-state index is -5.08. The summed E-state index contributed by atoms with van der Waals surface area (Å²) in [7, 11) is 1.55. The second-order valence-electron chi connectivity index (χ2n) is 7.25.